The molecule has 1 fully saturated rings. The smallest absolute Gasteiger partial charge is 0.326 e. The minimum Gasteiger partial charge on any atom is -0.480 e. The number of hydrogen-bond donors (Lipinski definition) is 1. The number of carboxylic acids is 1. The van der Waals surface area contributed by atoms with Crippen molar-refractivity contribution in [2.75, 3.05) is 6.54 Å². The number of likely N-dealkylation sites (tertiary alicyclic amines) is 1. The lowest BCUT2D eigenvalue weighted by atomic mass is 10.0. The van der Waals surface area contributed by atoms with Crippen molar-refractivity contribution in [1.82, 2.24) is 4.90 Å². The molecule has 18 heavy (non-hydrogen) atoms. The minimum atomic E-state index is -0.891. The van der Waals surface area contributed by atoms with Gasteiger partial charge in [0.15, 0.2) is 0 Å². The summed E-state index contributed by atoms with van der Waals surface area (Å²) in [7, 11) is 0. The minimum absolute atomic E-state index is 0.117. The Labute approximate surface area is 110 Å². The molecule has 0 saturated carbocycles. The third kappa shape index (κ3) is 2.41. The van der Waals surface area contributed by atoms with E-state index in [9.17, 15) is 14.7 Å². The molecule has 0 bridgehead atoms. The lowest BCUT2D eigenvalue weighted by molar-refractivity contribution is -0.143. The highest BCUT2D eigenvalue weighted by molar-refractivity contribution is 7.12. The summed E-state index contributed by atoms with van der Waals surface area (Å²) in [5.41, 5.74) is 1.01. The van der Waals surface area contributed by atoms with Crippen LogP contribution in [0.4, 0.5) is 0 Å². The van der Waals surface area contributed by atoms with Crippen molar-refractivity contribution in [2.45, 2.75) is 38.6 Å². The van der Waals surface area contributed by atoms with Crippen LogP contribution in [0.25, 0.3) is 0 Å². The molecule has 1 saturated heterocycles. The average Bonchev–Trinajstić information content (AvgIpc) is 2.86. The van der Waals surface area contributed by atoms with Crippen LogP contribution in [0.15, 0.2) is 11.4 Å². The van der Waals surface area contributed by atoms with Gasteiger partial charge in [-0.05, 0) is 42.7 Å². The maximum atomic E-state index is 12.4. The Balaban J connectivity index is 2.23. The molecule has 1 atom stereocenters. The van der Waals surface area contributed by atoms with Crippen molar-refractivity contribution in [3.8, 4) is 0 Å². The van der Waals surface area contributed by atoms with Crippen molar-refractivity contribution in [2.24, 2.45) is 0 Å². The summed E-state index contributed by atoms with van der Waals surface area (Å²) in [6.07, 6.45) is 3.14. The predicted octanol–water partition coefficient (Wildman–Crippen LogP) is 2.39. The lowest BCUT2D eigenvalue weighted by Gasteiger charge is -2.32. The summed E-state index contributed by atoms with van der Waals surface area (Å²) in [5, 5.41) is 11.1. The van der Waals surface area contributed by atoms with E-state index in [2.05, 4.69) is 0 Å². The van der Waals surface area contributed by atoms with E-state index in [1.165, 1.54) is 16.2 Å². The second-order valence-electron chi connectivity index (χ2n) is 4.48. The van der Waals surface area contributed by atoms with Gasteiger partial charge in [0.05, 0.1) is 4.88 Å². The number of carbonyl (C=O) groups excluding carboxylic acids is 1. The molecular formula is C13H17NO3S. The Morgan fingerprint density at radius 2 is 2.28 bits per heavy atom. The van der Waals surface area contributed by atoms with Crippen molar-refractivity contribution >= 4 is 23.2 Å². The van der Waals surface area contributed by atoms with Crippen molar-refractivity contribution in [3.05, 3.63) is 21.9 Å². The van der Waals surface area contributed by atoms with Crippen LogP contribution >= 0.6 is 11.3 Å². The standard InChI is InChI=1S/C13H17NO3S/c1-2-9-6-8-18-11(9)12(15)14-7-4-3-5-10(14)13(16)17/h6,8,10H,2-5,7H2,1H3,(H,16,17)/t10-/m0/s1. The fourth-order valence-electron chi connectivity index (χ4n) is 2.36. The number of piperidine rings is 1. The molecule has 2 heterocycles. The molecule has 0 aliphatic carbocycles. The zero-order valence-electron chi connectivity index (χ0n) is 10.4. The van der Waals surface area contributed by atoms with Crippen LogP contribution in [0.3, 0.4) is 0 Å². The van der Waals surface area contributed by atoms with Gasteiger partial charge in [-0.2, -0.15) is 0 Å². The molecule has 1 aliphatic heterocycles. The van der Waals surface area contributed by atoms with E-state index in [0.717, 1.165) is 24.8 Å². The molecule has 2 rings (SSSR count). The van der Waals surface area contributed by atoms with Gasteiger partial charge in [0.1, 0.15) is 6.04 Å². The predicted molar refractivity (Wildman–Crippen MR) is 70.0 cm³/mol. The van der Waals surface area contributed by atoms with Gasteiger partial charge in [-0.3, -0.25) is 4.79 Å². The fraction of sp³-hybridized carbons (Fsp3) is 0.538. The van der Waals surface area contributed by atoms with Crippen molar-refractivity contribution < 1.29 is 14.7 Å². The summed E-state index contributed by atoms with van der Waals surface area (Å²) in [6.45, 7) is 2.56. The van der Waals surface area contributed by atoms with Crippen LogP contribution < -0.4 is 0 Å². The maximum Gasteiger partial charge on any atom is 0.326 e. The van der Waals surface area contributed by atoms with Crippen LogP contribution in [0.1, 0.15) is 41.4 Å². The molecule has 0 unspecified atom stereocenters. The number of nitrogens with zero attached hydrogens (tertiary/aromatic N) is 1. The number of amides is 1. The number of carbonyl (C=O) groups is 2. The van der Waals surface area contributed by atoms with Crippen LogP contribution in [-0.4, -0.2) is 34.5 Å². The molecule has 0 aromatic carbocycles. The Kier molecular flexibility index (Phi) is 4.01. The largest absolute Gasteiger partial charge is 0.480 e. The number of aliphatic carboxylic acids is 1. The zero-order valence-corrected chi connectivity index (χ0v) is 11.2. The molecule has 0 radical (unpaired) electrons. The topological polar surface area (TPSA) is 57.6 Å². The van der Waals surface area contributed by atoms with Gasteiger partial charge >= 0.3 is 5.97 Å². The van der Waals surface area contributed by atoms with E-state index in [1.54, 1.807) is 0 Å². The first-order chi connectivity index (χ1) is 8.65. The van der Waals surface area contributed by atoms with Gasteiger partial charge in [-0.15, -0.1) is 11.3 Å². The Morgan fingerprint density at radius 1 is 1.50 bits per heavy atom. The van der Waals surface area contributed by atoms with E-state index < -0.39 is 12.0 Å². The summed E-state index contributed by atoms with van der Waals surface area (Å²) >= 11 is 1.41. The molecule has 1 amide bonds. The second-order valence-corrected chi connectivity index (χ2v) is 5.39. The van der Waals surface area contributed by atoms with Crippen LogP contribution in [0, 0.1) is 0 Å². The first-order valence-corrected chi connectivity index (χ1v) is 7.13. The Morgan fingerprint density at radius 3 is 2.94 bits per heavy atom. The fourth-order valence-corrected chi connectivity index (χ4v) is 3.31. The van der Waals surface area contributed by atoms with E-state index >= 15 is 0 Å². The third-order valence-electron chi connectivity index (χ3n) is 3.37. The van der Waals surface area contributed by atoms with E-state index in [4.69, 9.17) is 0 Å². The third-order valence-corrected chi connectivity index (χ3v) is 4.32. The van der Waals surface area contributed by atoms with Gasteiger partial charge in [-0.1, -0.05) is 6.92 Å². The van der Waals surface area contributed by atoms with E-state index in [0.29, 0.717) is 17.8 Å². The molecule has 4 nitrogen and oxygen atoms in total. The summed E-state index contributed by atoms with van der Waals surface area (Å²) in [6, 6.07) is 1.29. The highest BCUT2D eigenvalue weighted by atomic mass is 32.1. The molecular weight excluding hydrogens is 250 g/mol. The molecule has 1 aromatic rings. The maximum absolute atomic E-state index is 12.4. The Hall–Kier alpha value is -1.36. The zero-order chi connectivity index (χ0) is 13.1. The number of thiophene rings is 1. The molecule has 0 spiro atoms. The van der Waals surface area contributed by atoms with Gasteiger partial charge in [0.2, 0.25) is 0 Å². The lowest BCUT2D eigenvalue weighted by Crippen LogP contribution is -2.47. The number of aryl methyl sites for hydroxylation is 1. The first kappa shape index (κ1) is 13.1. The van der Waals surface area contributed by atoms with Crippen LogP contribution in [0.2, 0.25) is 0 Å². The van der Waals surface area contributed by atoms with E-state index in [1.807, 2.05) is 18.4 Å². The van der Waals surface area contributed by atoms with Gasteiger partial charge in [-0.25, -0.2) is 4.79 Å². The van der Waals surface area contributed by atoms with Gasteiger partial charge in [0, 0.05) is 6.54 Å². The summed E-state index contributed by atoms with van der Waals surface area (Å²) in [5.74, 6) is -1.01. The highest BCUT2D eigenvalue weighted by Crippen LogP contribution is 2.24. The van der Waals surface area contributed by atoms with Crippen LogP contribution in [0.5, 0.6) is 0 Å². The molecule has 1 aliphatic rings. The second kappa shape index (κ2) is 5.52. The average molecular weight is 267 g/mol. The van der Waals surface area contributed by atoms with Crippen molar-refractivity contribution in [1.29, 1.82) is 0 Å². The van der Waals surface area contributed by atoms with Gasteiger partial charge in [0.25, 0.3) is 5.91 Å². The monoisotopic (exact) mass is 267 g/mol. The summed E-state index contributed by atoms with van der Waals surface area (Å²) in [4.78, 5) is 25.9. The molecule has 1 N–H and O–H groups in total. The van der Waals surface area contributed by atoms with Crippen LogP contribution in [-0.2, 0) is 11.2 Å². The molecule has 5 heteroatoms. The number of rotatable bonds is 3. The normalized spacial score (nSPS) is 19.8. The Bertz CT molecular complexity index is 455. The highest BCUT2D eigenvalue weighted by Gasteiger charge is 2.33. The number of carboxylic acid groups (broad SMARTS) is 1. The van der Waals surface area contributed by atoms with Gasteiger partial charge < -0.3 is 10.0 Å². The van der Waals surface area contributed by atoms with Crippen molar-refractivity contribution in [3.63, 3.8) is 0 Å². The number of hydrogen-bond acceptors (Lipinski definition) is 3. The quantitative estimate of drug-likeness (QED) is 0.914. The van der Waals surface area contributed by atoms with E-state index in [-0.39, 0.29) is 5.91 Å². The molecule has 1 aromatic heterocycles. The SMILES string of the molecule is CCc1ccsc1C(=O)N1CCCC[C@H]1C(=O)O. The first-order valence-electron chi connectivity index (χ1n) is 6.25. The summed E-state index contributed by atoms with van der Waals surface area (Å²) < 4.78 is 0. The molecule has 98 valence electrons.